The molecule has 1 aromatic heterocycles. The van der Waals surface area contributed by atoms with E-state index in [9.17, 15) is 9.90 Å². The van der Waals surface area contributed by atoms with Crippen LogP contribution in [0.1, 0.15) is 22.3 Å². The van der Waals surface area contributed by atoms with Gasteiger partial charge in [-0.2, -0.15) is 0 Å². The van der Waals surface area contributed by atoms with Crippen molar-refractivity contribution >= 4 is 28.5 Å². The zero-order valence-corrected chi connectivity index (χ0v) is 15.0. The monoisotopic (exact) mass is 352 g/mol. The van der Waals surface area contributed by atoms with Crippen LogP contribution in [0.3, 0.4) is 0 Å². The molecular weight excluding hydrogens is 332 g/mol. The first-order valence-electron chi connectivity index (χ1n) is 8.35. The highest BCUT2D eigenvalue weighted by atomic mass is 32.2. The van der Waals surface area contributed by atoms with Crippen molar-refractivity contribution in [3.8, 4) is 5.69 Å². The number of nitrogens with one attached hydrogen (secondary N) is 1. The molecule has 2 N–H and O–H groups in total. The Morgan fingerprint density at radius 3 is 2.72 bits per heavy atom. The number of carboxylic acid groups (broad SMARTS) is 1. The Labute approximate surface area is 150 Å². The molecule has 1 aliphatic heterocycles. The minimum Gasteiger partial charge on any atom is -0.480 e. The molecule has 1 saturated heterocycles. The van der Waals surface area contributed by atoms with Crippen molar-refractivity contribution in [3.63, 3.8) is 0 Å². The Bertz CT molecular complexity index is 958. The summed E-state index contributed by atoms with van der Waals surface area (Å²) in [5, 5.41) is 14.7. The summed E-state index contributed by atoms with van der Waals surface area (Å²) < 4.78 is 2.27. The molecule has 0 spiro atoms. The predicted molar refractivity (Wildman–Crippen MR) is 103 cm³/mol. The van der Waals surface area contributed by atoms with Gasteiger partial charge in [0, 0.05) is 28.9 Å². The number of rotatable bonds is 3. The van der Waals surface area contributed by atoms with E-state index in [1.54, 1.807) is 0 Å². The van der Waals surface area contributed by atoms with Gasteiger partial charge in [-0.15, -0.1) is 11.8 Å². The summed E-state index contributed by atoms with van der Waals surface area (Å²) >= 11 is 1.48. The van der Waals surface area contributed by atoms with Crippen LogP contribution in [-0.4, -0.2) is 27.4 Å². The molecule has 2 heterocycles. The number of carbonyl (C=O) groups is 1. The maximum absolute atomic E-state index is 11.2. The van der Waals surface area contributed by atoms with Crippen LogP contribution in [-0.2, 0) is 4.79 Å². The molecule has 0 aliphatic carbocycles. The van der Waals surface area contributed by atoms with E-state index >= 15 is 0 Å². The Morgan fingerprint density at radius 2 is 1.96 bits per heavy atom. The molecule has 0 bridgehead atoms. The topological polar surface area (TPSA) is 54.3 Å². The van der Waals surface area contributed by atoms with Crippen molar-refractivity contribution in [2.75, 3.05) is 6.54 Å². The molecule has 4 nitrogen and oxygen atoms in total. The minimum atomic E-state index is -0.747. The number of benzene rings is 2. The van der Waals surface area contributed by atoms with Crippen LogP contribution in [0.4, 0.5) is 0 Å². The van der Waals surface area contributed by atoms with Gasteiger partial charge < -0.3 is 9.67 Å². The van der Waals surface area contributed by atoms with Gasteiger partial charge in [-0.1, -0.05) is 36.4 Å². The van der Waals surface area contributed by atoms with Gasteiger partial charge in [0.25, 0.3) is 0 Å². The number of carboxylic acids is 1. The van der Waals surface area contributed by atoms with E-state index in [0.717, 1.165) is 17.1 Å². The van der Waals surface area contributed by atoms with Crippen LogP contribution in [0.15, 0.2) is 48.5 Å². The van der Waals surface area contributed by atoms with Gasteiger partial charge in [-0.3, -0.25) is 10.1 Å². The second kappa shape index (κ2) is 6.24. The second-order valence-corrected chi connectivity index (χ2v) is 7.72. The summed E-state index contributed by atoms with van der Waals surface area (Å²) in [5.74, 6) is -0.747. The number of thioether (sulfide) groups is 1. The number of hydrogen-bond donors (Lipinski definition) is 2. The van der Waals surface area contributed by atoms with Crippen LogP contribution in [0, 0.1) is 13.8 Å². The molecule has 4 rings (SSSR count). The highest BCUT2D eigenvalue weighted by molar-refractivity contribution is 8.01. The zero-order valence-electron chi connectivity index (χ0n) is 14.2. The number of nitrogens with zero attached hydrogens (tertiary/aromatic N) is 1. The molecule has 2 aromatic carbocycles. The number of fused-ring (bicyclic) bond motifs is 1. The summed E-state index contributed by atoms with van der Waals surface area (Å²) in [5.41, 5.74) is 4.64. The summed E-state index contributed by atoms with van der Waals surface area (Å²) in [6.45, 7) is 4.72. The third kappa shape index (κ3) is 2.73. The van der Waals surface area contributed by atoms with Gasteiger partial charge in [0.05, 0.1) is 11.1 Å². The lowest BCUT2D eigenvalue weighted by molar-refractivity contribution is -0.136. The predicted octanol–water partition coefficient (Wildman–Crippen LogP) is 4.04. The van der Waals surface area contributed by atoms with E-state index in [-0.39, 0.29) is 10.6 Å². The lowest BCUT2D eigenvalue weighted by Crippen LogP contribution is -2.21. The second-order valence-electron chi connectivity index (χ2n) is 6.41. The summed E-state index contributed by atoms with van der Waals surface area (Å²) in [7, 11) is 0. The Hall–Kier alpha value is -2.24. The molecule has 2 atom stereocenters. The summed E-state index contributed by atoms with van der Waals surface area (Å²) in [4.78, 5) is 11.2. The first kappa shape index (κ1) is 16.2. The van der Waals surface area contributed by atoms with Gasteiger partial charge in [-0.05, 0) is 31.4 Å². The molecule has 0 radical (unpaired) electrons. The number of aromatic nitrogens is 1. The van der Waals surface area contributed by atoms with Gasteiger partial charge >= 0.3 is 5.97 Å². The molecule has 0 unspecified atom stereocenters. The fraction of sp³-hybridized carbons (Fsp3) is 0.250. The normalized spacial score (nSPS) is 20.2. The van der Waals surface area contributed by atoms with E-state index in [1.165, 1.54) is 28.1 Å². The van der Waals surface area contributed by atoms with Crippen LogP contribution in [0.25, 0.3) is 16.5 Å². The highest BCUT2D eigenvalue weighted by Crippen LogP contribution is 2.39. The molecule has 0 amide bonds. The highest BCUT2D eigenvalue weighted by Gasteiger charge is 2.32. The quantitative estimate of drug-likeness (QED) is 0.747. The van der Waals surface area contributed by atoms with Crippen LogP contribution in [0.2, 0.25) is 0 Å². The minimum absolute atomic E-state index is 0.0241. The molecule has 0 saturated carbocycles. The van der Waals surface area contributed by atoms with Gasteiger partial charge in [0.15, 0.2) is 0 Å². The Balaban J connectivity index is 1.80. The van der Waals surface area contributed by atoms with Crippen molar-refractivity contribution in [1.82, 2.24) is 9.88 Å². The average Bonchev–Trinajstić information content (AvgIpc) is 3.20. The molecule has 1 aliphatic rings. The fourth-order valence-electron chi connectivity index (χ4n) is 3.63. The molecule has 3 aromatic rings. The summed E-state index contributed by atoms with van der Waals surface area (Å²) in [6.07, 6.45) is 0. The molecule has 5 heteroatoms. The zero-order chi connectivity index (χ0) is 17.6. The lowest BCUT2D eigenvalue weighted by Gasteiger charge is -2.15. The van der Waals surface area contributed by atoms with Crippen LogP contribution < -0.4 is 5.32 Å². The number of hydrogen-bond acceptors (Lipinski definition) is 3. The van der Waals surface area contributed by atoms with Crippen LogP contribution in [0.5, 0.6) is 0 Å². The van der Waals surface area contributed by atoms with E-state index in [4.69, 9.17) is 0 Å². The van der Waals surface area contributed by atoms with E-state index < -0.39 is 5.97 Å². The van der Waals surface area contributed by atoms with Crippen LogP contribution >= 0.6 is 11.8 Å². The van der Waals surface area contributed by atoms with Gasteiger partial charge in [0.2, 0.25) is 0 Å². The van der Waals surface area contributed by atoms with E-state index in [2.05, 4.69) is 72.3 Å². The number of aliphatic carboxylic acids is 1. The maximum atomic E-state index is 11.2. The Kier molecular flexibility index (Phi) is 4.06. The smallest absolute Gasteiger partial charge is 0.318 e. The van der Waals surface area contributed by atoms with E-state index in [0.29, 0.717) is 6.54 Å². The lowest BCUT2D eigenvalue weighted by atomic mass is 10.1. The Morgan fingerprint density at radius 1 is 1.20 bits per heavy atom. The first-order chi connectivity index (χ1) is 12.1. The van der Waals surface area contributed by atoms with Crippen molar-refractivity contribution in [3.05, 3.63) is 65.5 Å². The van der Waals surface area contributed by atoms with Crippen molar-refractivity contribution in [1.29, 1.82) is 0 Å². The molecule has 1 fully saturated rings. The summed E-state index contributed by atoms with van der Waals surface area (Å²) in [6, 6.07) is 16.9. The van der Waals surface area contributed by atoms with Crippen molar-refractivity contribution < 1.29 is 9.90 Å². The van der Waals surface area contributed by atoms with Gasteiger partial charge in [0.1, 0.15) is 5.25 Å². The largest absolute Gasteiger partial charge is 0.480 e. The molecule has 128 valence electrons. The average molecular weight is 352 g/mol. The fourth-order valence-corrected chi connectivity index (χ4v) is 4.85. The van der Waals surface area contributed by atoms with Gasteiger partial charge in [-0.25, -0.2) is 0 Å². The maximum Gasteiger partial charge on any atom is 0.318 e. The van der Waals surface area contributed by atoms with Crippen molar-refractivity contribution in [2.24, 2.45) is 0 Å². The molecule has 25 heavy (non-hydrogen) atoms. The SMILES string of the molecule is Cc1cc([C@H]2NC[C@H](C(=O)O)S2)c(C)n1-c1cccc2ccccc12. The first-order valence-corrected chi connectivity index (χ1v) is 9.29. The molecular formula is C20H20N2O2S. The third-order valence-corrected chi connectivity index (χ3v) is 6.21. The van der Waals surface area contributed by atoms with Crippen molar-refractivity contribution in [2.45, 2.75) is 24.5 Å². The standard InChI is InChI=1S/C20H20N2O2S/c1-12-10-16(19-21-11-18(25-19)20(23)24)13(2)22(12)17-9-5-7-14-6-3-4-8-15(14)17/h3-10,18-19,21H,11H2,1-2H3,(H,23,24)/t18-,19+/m1/s1. The van der Waals surface area contributed by atoms with E-state index in [1.807, 2.05) is 0 Å². The third-order valence-electron chi connectivity index (χ3n) is 4.82. The number of aryl methyl sites for hydroxylation is 1.